The third-order valence-corrected chi connectivity index (χ3v) is 6.39. The largest absolute Gasteiger partial charge is 0.486 e. The number of carbonyl (C=O) groups is 1. The van der Waals surface area contributed by atoms with Crippen LogP contribution in [0, 0.1) is 0 Å². The first-order chi connectivity index (χ1) is 17.5. The van der Waals surface area contributed by atoms with Crippen LogP contribution in [0.3, 0.4) is 0 Å². The number of aromatic amines is 1. The average molecular weight is 505 g/mol. The molecule has 1 aromatic heterocycles. The monoisotopic (exact) mass is 504 g/mol. The minimum absolute atomic E-state index is 0.0929. The van der Waals surface area contributed by atoms with E-state index in [4.69, 9.17) is 30.5 Å². The number of amides is 1. The fraction of sp³-hybridized carbons (Fsp3) is 0.185. The van der Waals surface area contributed by atoms with Gasteiger partial charge in [-0.05, 0) is 54.1 Å². The van der Waals surface area contributed by atoms with Gasteiger partial charge in [0, 0.05) is 34.1 Å². The zero-order chi connectivity index (χ0) is 24.6. The molecule has 1 amide bonds. The van der Waals surface area contributed by atoms with Gasteiger partial charge >= 0.3 is 0 Å². The number of pyridine rings is 1. The van der Waals surface area contributed by atoms with Gasteiger partial charge in [0.25, 0.3) is 11.5 Å². The number of rotatable bonds is 5. The molecule has 0 spiro atoms. The number of nitrogens with zero attached hydrogens (tertiary/aromatic N) is 1. The van der Waals surface area contributed by atoms with Crippen molar-refractivity contribution >= 4 is 28.4 Å². The number of hydrogen-bond acceptors (Lipinski definition) is 6. The van der Waals surface area contributed by atoms with Gasteiger partial charge < -0.3 is 28.8 Å². The molecular weight excluding hydrogens is 484 g/mol. The fourth-order valence-electron chi connectivity index (χ4n) is 4.35. The maximum Gasteiger partial charge on any atom is 0.254 e. The van der Waals surface area contributed by atoms with Crippen LogP contribution in [0.5, 0.6) is 23.0 Å². The highest BCUT2D eigenvalue weighted by Gasteiger charge is 2.21. The summed E-state index contributed by atoms with van der Waals surface area (Å²) in [5.74, 6) is 2.28. The number of fused-ring (bicyclic) bond motifs is 3. The van der Waals surface area contributed by atoms with E-state index in [1.807, 2.05) is 24.3 Å². The molecule has 0 bridgehead atoms. The van der Waals surface area contributed by atoms with Crippen LogP contribution in [-0.4, -0.2) is 35.8 Å². The van der Waals surface area contributed by atoms with Gasteiger partial charge in [0.15, 0.2) is 23.0 Å². The molecule has 182 valence electrons. The second kappa shape index (κ2) is 9.13. The number of H-pyrrole nitrogens is 1. The van der Waals surface area contributed by atoms with Gasteiger partial charge in [-0.25, -0.2) is 0 Å². The molecule has 0 aliphatic carbocycles. The van der Waals surface area contributed by atoms with Crippen molar-refractivity contribution in [1.29, 1.82) is 0 Å². The van der Waals surface area contributed by atoms with Gasteiger partial charge in [0.1, 0.15) is 13.2 Å². The van der Waals surface area contributed by atoms with E-state index in [2.05, 4.69) is 4.98 Å². The summed E-state index contributed by atoms with van der Waals surface area (Å²) in [4.78, 5) is 31.1. The molecule has 0 saturated carbocycles. The standard InChI is InChI=1S/C27H21ClN2O6/c28-20-4-2-17(3-5-20)27(32)30(13-16-1-6-22-23(9-16)36-15-35-22)14-19-10-18-11-24-25(34-8-7-33-24)12-21(18)29-26(19)31/h1-6,9-12H,7-8,13-15H2,(H,29,31). The van der Waals surface area contributed by atoms with E-state index in [0.29, 0.717) is 57.9 Å². The lowest BCUT2D eigenvalue weighted by Gasteiger charge is -2.23. The Morgan fingerprint density at radius 2 is 1.56 bits per heavy atom. The topological polar surface area (TPSA) is 90.1 Å². The number of benzene rings is 3. The molecular formula is C27H21ClN2O6. The second-order valence-electron chi connectivity index (χ2n) is 8.56. The maximum absolute atomic E-state index is 13.5. The van der Waals surface area contributed by atoms with Crippen molar-refractivity contribution in [2.24, 2.45) is 0 Å². The summed E-state index contributed by atoms with van der Waals surface area (Å²) in [6.45, 7) is 1.44. The van der Waals surface area contributed by atoms with E-state index in [0.717, 1.165) is 10.9 Å². The van der Waals surface area contributed by atoms with Crippen molar-refractivity contribution in [3.05, 3.63) is 92.7 Å². The first-order valence-corrected chi connectivity index (χ1v) is 11.8. The van der Waals surface area contributed by atoms with Crippen LogP contribution in [-0.2, 0) is 13.1 Å². The van der Waals surface area contributed by atoms with E-state index < -0.39 is 0 Å². The van der Waals surface area contributed by atoms with Crippen LogP contribution in [0.2, 0.25) is 5.02 Å². The van der Waals surface area contributed by atoms with Crippen LogP contribution in [0.4, 0.5) is 0 Å². The molecule has 0 radical (unpaired) electrons. The predicted molar refractivity (Wildman–Crippen MR) is 133 cm³/mol. The number of carbonyl (C=O) groups excluding carboxylic acids is 1. The summed E-state index contributed by atoms with van der Waals surface area (Å²) in [5, 5.41) is 1.32. The molecule has 0 fully saturated rings. The van der Waals surface area contributed by atoms with Gasteiger partial charge in [-0.3, -0.25) is 9.59 Å². The van der Waals surface area contributed by atoms with Gasteiger partial charge in [-0.1, -0.05) is 17.7 Å². The van der Waals surface area contributed by atoms with Crippen molar-refractivity contribution < 1.29 is 23.7 Å². The number of nitrogens with one attached hydrogen (secondary N) is 1. The minimum atomic E-state index is -0.279. The van der Waals surface area contributed by atoms with Crippen molar-refractivity contribution in [2.45, 2.75) is 13.1 Å². The quantitative estimate of drug-likeness (QED) is 0.429. The molecule has 9 heteroatoms. The van der Waals surface area contributed by atoms with E-state index in [-0.39, 0.29) is 31.3 Å². The van der Waals surface area contributed by atoms with Gasteiger partial charge in [0.05, 0.1) is 12.1 Å². The van der Waals surface area contributed by atoms with E-state index in [1.54, 1.807) is 41.3 Å². The summed E-state index contributed by atoms with van der Waals surface area (Å²) in [6, 6.07) is 17.6. The van der Waals surface area contributed by atoms with E-state index in [9.17, 15) is 9.59 Å². The summed E-state index contributed by atoms with van der Waals surface area (Å²) in [6.07, 6.45) is 0. The summed E-state index contributed by atoms with van der Waals surface area (Å²) >= 11 is 6.02. The molecule has 2 aliphatic heterocycles. The highest BCUT2D eigenvalue weighted by atomic mass is 35.5. The Kier molecular flexibility index (Phi) is 5.65. The molecule has 8 nitrogen and oxygen atoms in total. The lowest BCUT2D eigenvalue weighted by molar-refractivity contribution is 0.0729. The number of ether oxygens (including phenoxy) is 4. The molecule has 3 aromatic carbocycles. The molecule has 36 heavy (non-hydrogen) atoms. The van der Waals surface area contributed by atoms with E-state index >= 15 is 0 Å². The average Bonchev–Trinajstić information content (AvgIpc) is 3.36. The second-order valence-corrected chi connectivity index (χ2v) is 9.00. The fourth-order valence-corrected chi connectivity index (χ4v) is 4.47. The third-order valence-electron chi connectivity index (χ3n) is 6.13. The van der Waals surface area contributed by atoms with Crippen molar-refractivity contribution in [1.82, 2.24) is 9.88 Å². The van der Waals surface area contributed by atoms with Crippen LogP contribution in [0.1, 0.15) is 21.5 Å². The van der Waals surface area contributed by atoms with Crippen LogP contribution in [0.15, 0.2) is 65.5 Å². The first-order valence-electron chi connectivity index (χ1n) is 11.4. The van der Waals surface area contributed by atoms with Crippen molar-refractivity contribution in [3.8, 4) is 23.0 Å². The van der Waals surface area contributed by atoms with Gasteiger partial charge in [-0.2, -0.15) is 0 Å². The maximum atomic E-state index is 13.5. The van der Waals surface area contributed by atoms with Gasteiger partial charge in [0.2, 0.25) is 6.79 Å². The Bertz CT molecular complexity index is 1530. The summed E-state index contributed by atoms with van der Waals surface area (Å²) in [5.41, 5.74) is 2.12. The summed E-state index contributed by atoms with van der Waals surface area (Å²) in [7, 11) is 0. The van der Waals surface area contributed by atoms with Crippen LogP contribution < -0.4 is 24.5 Å². The molecule has 3 heterocycles. The normalized spacial score (nSPS) is 13.6. The lowest BCUT2D eigenvalue weighted by Crippen LogP contribution is -2.32. The molecule has 4 aromatic rings. The number of aromatic nitrogens is 1. The highest BCUT2D eigenvalue weighted by Crippen LogP contribution is 2.35. The van der Waals surface area contributed by atoms with Gasteiger partial charge in [-0.15, -0.1) is 0 Å². The Morgan fingerprint density at radius 1 is 0.833 bits per heavy atom. The number of halogens is 1. The van der Waals surface area contributed by atoms with Crippen molar-refractivity contribution in [3.63, 3.8) is 0 Å². The molecule has 0 atom stereocenters. The molecule has 1 N–H and O–H groups in total. The Morgan fingerprint density at radius 3 is 2.36 bits per heavy atom. The van der Waals surface area contributed by atoms with Crippen molar-refractivity contribution in [2.75, 3.05) is 20.0 Å². The first kappa shape index (κ1) is 22.3. The Hall–Kier alpha value is -4.17. The predicted octanol–water partition coefficient (Wildman–Crippen LogP) is 4.52. The zero-order valence-electron chi connectivity index (χ0n) is 19.1. The molecule has 2 aliphatic rings. The Balaban J connectivity index is 1.36. The van der Waals surface area contributed by atoms with Crippen LogP contribution in [0.25, 0.3) is 10.9 Å². The smallest absolute Gasteiger partial charge is 0.254 e. The number of hydrogen-bond donors (Lipinski definition) is 1. The SMILES string of the molecule is O=C(c1ccc(Cl)cc1)N(Cc1ccc2c(c1)OCO2)Cc1cc2cc3c(cc2[nH]c1=O)OCCO3. The molecule has 6 rings (SSSR count). The minimum Gasteiger partial charge on any atom is -0.486 e. The van der Waals surface area contributed by atoms with E-state index in [1.165, 1.54) is 0 Å². The lowest BCUT2D eigenvalue weighted by atomic mass is 10.1. The third kappa shape index (κ3) is 4.31. The highest BCUT2D eigenvalue weighted by molar-refractivity contribution is 6.30. The Labute approximate surface area is 210 Å². The molecule has 0 unspecified atom stereocenters. The zero-order valence-corrected chi connectivity index (χ0v) is 19.8. The molecule has 0 saturated heterocycles. The summed E-state index contributed by atoms with van der Waals surface area (Å²) < 4.78 is 22.2. The van der Waals surface area contributed by atoms with Crippen LogP contribution >= 0.6 is 11.6 Å².